The van der Waals surface area contributed by atoms with Gasteiger partial charge in [-0.3, -0.25) is 9.59 Å². The first-order valence-electron chi connectivity index (χ1n) is 10.5. The molecule has 160 valence electrons. The molecule has 1 aromatic carbocycles. The quantitative estimate of drug-likeness (QED) is 0.539. The highest BCUT2D eigenvalue weighted by Crippen LogP contribution is 2.34. The normalized spacial score (nSPS) is 22.2. The lowest BCUT2D eigenvalue weighted by molar-refractivity contribution is -0.122. The van der Waals surface area contributed by atoms with Gasteiger partial charge in [0.05, 0.1) is 12.1 Å². The van der Waals surface area contributed by atoms with Crippen LogP contribution in [-0.2, 0) is 9.59 Å². The van der Waals surface area contributed by atoms with E-state index in [0.29, 0.717) is 30.3 Å². The van der Waals surface area contributed by atoms with E-state index in [-0.39, 0.29) is 29.7 Å². The molecule has 2 amide bonds. The summed E-state index contributed by atoms with van der Waals surface area (Å²) >= 11 is 0. The fourth-order valence-electron chi connectivity index (χ4n) is 4.27. The van der Waals surface area contributed by atoms with Crippen molar-refractivity contribution >= 4 is 29.3 Å². The number of hydrogen-bond acceptors (Lipinski definition) is 7. The van der Waals surface area contributed by atoms with Gasteiger partial charge in [-0.15, -0.1) is 0 Å². The van der Waals surface area contributed by atoms with Crippen LogP contribution in [0.2, 0.25) is 0 Å². The lowest BCUT2D eigenvalue weighted by atomic mass is 9.85. The van der Waals surface area contributed by atoms with Gasteiger partial charge >= 0.3 is 0 Å². The number of nitrogens with two attached hydrogens (primary N) is 1. The van der Waals surface area contributed by atoms with E-state index in [1.54, 1.807) is 0 Å². The topological polar surface area (TPSA) is 146 Å². The van der Waals surface area contributed by atoms with Gasteiger partial charge in [0.2, 0.25) is 17.8 Å². The highest BCUT2D eigenvalue weighted by Gasteiger charge is 2.29. The first-order chi connectivity index (χ1) is 15.0. The smallest absolute Gasteiger partial charge is 0.232 e. The van der Waals surface area contributed by atoms with E-state index in [0.717, 1.165) is 36.9 Å². The lowest BCUT2D eigenvalue weighted by Crippen LogP contribution is -2.32. The van der Waals surface area contributed by atoms with Crippen LogP contribution in [0.4, 0.5) is 17.5 Å². The Morgan fingerprint density at radius 1 is 1.26 bits per heavy atom. The predicted molar refractivity (Wildman–Crippen MR) is 116 cm³/mol. The Kier molecular flexibility index (Phi) is 5.98. The predicted octanol–water partition coefficient (Wildman–Crippen LogP) is 2.34. The molecular weight excluding hydrogens is 394 g/mol. The number of nitriles is 1. The summed E-state index contributed by atoms with van der Waals surface area (Å²) < 4.78 is 0. The molecule has 9 nitrogen and oxygen atoms in total. The number of carbonyl (C=O) groups is 2. The molecule has 1 atom stereocenters. The van der Waals surface area contributed by atoms with Gasteiger partial charge in [-0.2, -0.15) is 10.2 Å². The SMILES string of the molecule is N#Cc1cnc(NCCC2C(=O)Nc3ccccc32)nc1N[C@H]1CC[C@@H](C(N)=O)CC1. The van der Waals surface area contributed by atoms with Crippen molar-refractivity contribution in [2.75, 3.05) is 22.5 Å². The molecule has 0 radical (unpaired) electrons. The third-order valence-electron chi connectivity index (χ3n) is 6.01. The number of nitrogens with one attached hydrogen (secondary N) is 3. The Balaban J connectivity index is 1.36. The number of aromatic nitrogens is 2. The van der Waals surface area contributed by atoms with E-state index in [1.807, 2.05) is 24.3 Å². The van der Waals surface area contributed by atoms with Gasteiger partial charge in [0.1, 0.15) is 17.5 Å². The van der Waals surface area contributed by atoms with Crippen molar-refractivity contribution < 1.29 is 9.59 Å². The molecule has 9 heteroatoms. The summed E-state index contributed by atoms with van der Waals surface area (Å²) in [6, 6.07) is 9.94. The maximum atomic E-state index is 12.3. The number of primary amides is 1. The van der Waals surface area contributed by atoms with Gasteiger partial charge in [-0.05, 0) is 43.7 Å². The van der Waals surface area contributed by atoms with Crippen LogP contribution in [0, 0.1) is 17.2 Å². The number of fused-ring (bicyclic) bond motifs is 1. The summed E-state index contributed by atoms with van der Waals surface area (Å²) in [6.07, 6.45) is 5.14. The summed E-state index contributed by atoms with van der Waals surface area (Å²) in [7, 11) is 0. The molecule has 1 unspecified atom stereocenters. The molecule has 1 fully saturated rings. The molecule has 0 saturated heterocycles. The lowest BCUT2D eigenvalue weighted by Gasteiger charge is -2.28. The Hall–Kier alpha value is -3.67. The van der Waals surface area contributed by atoms with Crippen LogP contribution in [0.3, 0.4) is 0 Å². The number of benzene rings is 1. The van der Waals surface area contributed by atoms with Crippen molar-refractivity contribution in [3.8, 4) is 6.07 Å². The standard InChI is InChI=1S/C22H25N7O2/c23-11-14-12-26-22(29-20(14)27-15-7-5-13(6-8-15)19(24)30)25-10-9-17-16-3-1-2-4-18(16)28-21(17)31/h1-4,12-13,15,17H,5-10H2,(H2,24,30)(H,28,31)(H2,25,26,27,29)/t13-,15+,17?. The Morgan fingerprint density at radius 3 is 2.77 bits per heavy atom. The van der Waals surface area contributed by atoms with Crippen LogP contribution in [0.25, 0.3) is 0 Å². The second-order valence-corrected chi connectivity index (χ2v) is 8.01. The molecule has 2 aliphatic rings. The van der Waals surface area contributed by atoms with Gasteiger partial charge in [-0.1, -0.05) is 18.2 Å². The summed E-state index contributed by atoms with van der Waals surface area (Å²) in [5, 5.41) is 18.8. The van der Waals surface area contributed by atoms with E-state index in [1.165, 1.54) is 6.20 Å². The van der Waals surface area contributed by atoms with Crippen LogP contribution in [0.15, 0.2) is 30.5 Å². The number of hydrogen-bond donors (Lipinski definition) is 4. The van der Waals surface area contributed by atoms with E-state index in [4.69, 9.17) is 5.73 Å². The van der Waals surface area contributed by atoms with Crippen LogP contribution in [0.1, 0.15) is 49.1 Å². The van der Waals surface area contributed by atoms with Gasteiger partial charge in [0.25, 0.3) is 0 Å². The zero-order valence-corrected chi connectivity index (χ0v) is 17.1. The molecule has 1 aliphatic carbocycles. The number of nitrogens with zero attached hydrogens (tertiary/aromatic N) is 3. The zero-order chi connectivity index (χ0) is 21.8. The minimum Gasteiger partial charge on any atom is -0.369 e. The molecule has 0 spiro atoms. The third kappa shape index (κ3) is 4.58. The summed E-state index contributed by atoms with van der Waals surface area (Å²) in [5.41, 5.74) is 7.64. The van der Waals surface area contributed by atoms with E-state index in [9.17, 15) is 14.9 Å². The second-order valence-electron chi connectivity index (χ2n) is 8.01. The maximum Gasteiger partial charge on any atom is 0.232 e. The fraction of sp³-hybridized carbons (Fsp3) is 0.409. The fourth-order valence-corrected chi connectivity index (χ4v) is 4.27. The zero-order valence-electron chi connectivity index (χ0n) is 17.1. The van der Waals surface area contributed by atoms with Gasteiger partial charge < -0.3 is 21.7 Å². The third-order valence-corrected chi connectivity index (χ3v) is 6.01. The molecule has 1 aliphatic heterocycles. The maximum absolute atomic E-state index is 12.3. The van der Waals surface area contributed by atoms with Crippen LogP contribution in [-0.4, -0.2) is 34.4 Å². The molecular formula is C22H25N7O2. The molecule has 1 saturated carbocycles. The van der Waals surface area contributed by atoms with Crippen LogP contribution >= 0.6 is 0 Å². The summed E-state index contributed by atoms with van der Waals surface area (Å²) in [6.45, 7) is 0.515. The van der Waals surface area contributed by atoms with E-state index < -0.39 is 0 Å². The average Bonchev–Trinajstić information content (AvgIpc) is 3.09. The van der Waals surface area contributed by atoms with Gasteiger partial charge in [0, 0.05) is 24.2 Å². The van der Waals surface area contributed by atoms with Crippen LogP contribution in [0.5, 0.6) is 0 Å². The van der Waals surface area contributed by atoms with E-state index >= 15 is 0 Å². The largest absolute Gasteiger partial charge is 0.369 e. The second kappa shape index (κ2) is 9.00. The highest BCUT2D eigenvalue weighted by atomic mass is 16.2. The van der Waals surface area contributed by atoms with Crippen molar-refractivity contribution in [2.45, 2.75) is 44.1 Å². The molecule has 0 bridgehead atoms. The Morgan fingerprint density at radius 2 is 2.03 bits per heavy atom. The average molecular weight is 419 g/mol. The number of amides is 2. The number of anilines is 3. The van der Waals surface area contributed by atoms with Crippen LogP contribution < -0.4 is 21.7 Å². The molecule has 1 aromatic heterocycles. The van der Waals surface area contributed by atoms with Crippen molar-refractivity contribution in [1.29, 1.82) is 5.26 Å². The van der Waals surface area contributed by atoms with Gasteiger partial charge in [0.15, 0.2) is 0 Å². The monoisotopic (exact) mass is 419 g/mol. The summed E-state index contributed by atoms with van der Waals surface area (Å²) in [4.78, 5) is 32.3. The minimum atomic E-state index is -0.247. The Bertz CT molecular complexity index is 1020. The van der Waals surface area contributed by atoms with Crippen molar-refractivity contribution in [1.82, 2.24) is 9.97 Å². The highest BCUT2D eigenvalue weighted by molar-refractivity contribution is 6.02. The molecule has 5 N–H and O–H groups in total. The molecule has 2 aromatic rings. The molecule has 31 heavy (non-hydrogen) atoms. The van der Waals surface area contributed by atoms with Gasteiger partial charge in [-0.25, -0.2) is 4.98 Å². The minimum absolute atomic E-state index is 0.00216. The molecule has 2 heterocycles. The first-order valence-corrected chi connectivity index (χ1v) is 10.5. The van der Waals surface area contributed by atoms with Crippen molar-refractivity contribution in [3.05, 3.63) is 41.6 Å². The molecule has 4 rings (SSSR count). The van der Waals surface area contributed by atoms with Crippen molar-refractivity contribution in [2.24, 2.45) is 11.7 Å². The summed E-state index contributed by atoms with van der Waals surface area (Å²) in [5.74, 6) is 0.348. The van der Waals surface area contributed by atoms with Crippen molar-refractivity contribution in [3.63, 3.8) is 0 Å². The van der Waals surface area contributed by atoms with E-state index in [2.05, 4.69) is 32.0 Å². The number of para-hydroxylation sites is 1. The number of rotatable bonds is 7. The number of carbonyl (C=O) groups excluding carboxylic acids is 2. The first kappa shape index (κ1) is 20.6. The Labute approximate surface area is 180 Å².